The Morgan fingerprint density at radius 1 is 1.21 bits per heavy atom. The van der Waals surface area contributed by atoms with Crippen LogP contribution in [0.5, 0.6) is 0 Å². The maximum atomic E-state index is 13.3. The summed E-state index contributed by atoms with van der Waals surface area (Å²) in [7, 11) is 0. The van der Waals surface area contributed by atoms with Gasteiger partial charge in [-0.2, -0.15) is 0 Å². The normalized spacial score (nSPS) is 26.0. The van der Waals surface area contributed by atoms with Gasteiger partial charge in [-0.25, -0.2) is 4.79 Å². The van der Waals surface area contributed by atoms with E-state index in [0.717, 1.165) is 56.3 Å². The molecule has 29 heavy (non-hydrogen) atoms. The minimum Gasteiger partial charge on any atom is -0.453 e. The van der Waals surface area contributed by atoms with Gasteiger partial charge in [-0.15, -0.1) is 22.7 Å². The zero-order chi connectivity index (χ0) is 20.3. The number of fused-ring (bicyclic) bond motifs is 3. The van der Waals surface area contributed by atoms with Crippen LogP contribution in [0, 0.1) is 17.8 Å². The number of unbranched alkanes of at least 4 members (excludes halogenated alkanes) is 1. The number of carbonyl (C=O) groups excluding carboxylic acids is 1. The van der Waals surface area contributed by atoms with E-state index in [1.807, 2.05) is 22.9 Å². The van der Waals surface area contributed by atoms with Crippen molar-refractivity contribution in [2.45, 2.75) is 44.3 Å². The fraction of sp³-hybridized carbons (Fsp3) is 0.522. The predicted octanol–water partition coefficient (Wildman–Crippen LogP) is 4.00. The molecule has 0 saturated carbocycles. The molecule has 5 rings (SSSR count). The van der Waals surface area contributed by atoms with Gasteiger partial charge in [-0.05, 0) is 35.2 Å². The molecule has 1 atom stereocenters. The molecule has 2 aromatic heterocycles. The van der Waals surface area contributed by atoms with E-state index in [2.05, 4.69) is 18.8 Å². The zero-order valence-corrected chi connectivity index (χ0v) is 18.4. The van der Waals surface area contributed by atoms with Crippen LogP contribution in [0.25, 0.3) is 0 Å². The number of thiophene rings is 2. The molecule has 1 N–H and O–H groups in total. The lowest BCUT2D eigenvalue weighted by Gasteiger charge is -2.51. The molecule has 0 aromatic carbocycles. The molecule has 0 spiro atoms. The average molecular weight is 431 g/mol. The van der Waals surface area contributed by atoms with Crippen LogP contribution in [0.2, 0.25) is 0 Å². The fourth-order valence-electron chi connectivity index (χ4n) is 4.53. The molecule has 3 fully saturated rings. The molecule has 0 amide bonds. The van der Waals surface area contributed by atoms with E-state index in [9.17, 15) is 9.90 Å². The highest BCUT2D eigenvalue weighted by Gasteiger charge is 2.51. The largest absolute Gasteiger partial charge is 0.453 e. The average Bonchev–Trinajstić information content (AvgIpc) is 3.46. The zero-order valence-electron chi connectivity index (χ0n) is 16.8. The Hall–Kier alpha value is -1.65. The summed E-state index contributed by atoms with van der Waals surface area (Å²) >= 11 is 2.76. The van der Waals surface area contributed by atoms with E-state index in [0.29, 0.717) is 15.7 Å². The lowest BCUT2D eigenvalue weighted by Crippen LogP contribution is -2.64. The lowest BCUT2D eigenvalue weighted by atomic mass is 9.83. The van der Waals surface area contributed by atoms with Gasteiger partial charge in [-0.1, -0.05) is 25.0 Å². The van der Waals surface area contributed by atoms with Gasteiger partial charge in [-0.3, -0.25) is 0 Å². The van der Waals surface area contributed by atoms with Crippen molar-refractivity contribution < 1.29 is 19.1 Å². The van der Waals surface area contributed by atoms with Crippen LogP contribution >= 0.6 is 22.7 Å². The van der Waals surface area contributed by atoms with Crippen molar-refractivity contribution in [2.24, 2.45) is 5.92 Å². The van der Waals surface area contributed by atoms with E-state index in [1.165, 1.54) is 22.7 Å². The first-order valence-electron chi connectivity index (χ1n) is 10.4. The van der Waals surface area contributed by atoms with E-state index in [1.54, 1.807) is 12.1 Å². The van der Waals surface area contributed by atoms with Crippen molar-refractivity contribution in [1.29, 1.82) is 0 Å². The van der Waals surface area contributed by atoms with E-state index in [4.69, 9.17) is 4.74 Å². The van der Waals surface area contributed by atoms with Gasteiger partial charge in [0.05, 0.1) is 22.8 Å². The maximum Gasteiger partial charge on any atom is 0.349 e. The third kappa shape index (κ3) is 4.02. The van der Waals surface area contributed by atoms with E-state index < -0.39 is 11.6 Å². The van der Waals surface area contributed by atoms with Crippen LogP contribution in [0.4, 0.5) is 0 Å². The Bertz CT molecular complexity index is 837. The van der Waals surface area contributed by atoms with Gasteiger partial charge >= 0.3 is 5.97 Å². The smallest absolute Gasteiger partial charge is 0.349 e. The Kier molecular flexibility index (Phi) is 6.12. The number of aliphatic hydroxyl groups is 1. The summed E-state index contributed by atoms with van der Waals surface area (Å²) in [6.07, 6.45) is 3.99. The maximum absolute atomic E-state index is 13.3. The summed E-state index contributed by atoms with van der Waals surface area (Å²) in [6.45, 7) is 6.01. The summed E-state index contributed by atoms with van der Waals surface area (Å²) in [4.78, 5) is 14.5. The molecule has 0 unspecified atom stereocenters. The molecule has 0 aliphatic carbocycles. The number of carbonyl (C=O) groups is 1. The molecular formula is C23H28NO3S2+. The molecule has 2 bridgehead atoms. The summed E-state index contributed by atoms with van der Waals surface area (Å²) in [5.74, 6) is 6.46. The van der Waals surface area contributed by atoms with Crippen LogP contribution in [-0.2, 0) is 15.1 Å². The van der Waals surface area contributed by atoms with Crippen molar-refractivity contribution in [1.82, 2.24) is 0 Å². The first-order valence-corrected chi connectivity index (χ1v) is 12.2. The number of hydrogen-bond acceptors (Lipinski definition) is 5. The number of quaternary nitrogens is 1. The van der Waals surface area contributed by atoms with Crippen molar-refractivity contribution >= 4 is 28.6 Å². The lowest BCUT2D eigenvalue weighted by molar-refractivity contribution is -0.939. The molecule has 0 radical (unpaired) electrons. The van der Waals surface area contributed by atoms with Crippen LogP contribution < -0.4 is 0 Å². The number of esters is 1. The number of rotatable bonds is 6. The first kappa shape index (κ1) is 20.6. The SMILES string of the molecule is CCCC#CC[N+]12CCC(CC1)[C@@H](OC(=O)C(O)(c1cccs1)c1cccs1)C2. The molecule has 2 aromatic rings. The Balaban J connectivity index is 1.52. The second-order valence-corrected chi connectivity index (χ2v) is 10.1. The first-order chi connectivity index (χ1) is 14.1. The molecule has 5 heterocycles. The standard InChI is InChI=1S/C23H28NO3S2/c1-2-3-4-5-12-24-13-10-18(11-14-24)19(17-24)27-22(25)23(26,20-8-6-15-28-20)21-9-7-16-29-21/h6-9,15-16,18-19,26H,2-3,10-14,17H2,1H3/q+1/t18?,19-,24?/m0/s1. The quantitative estimate of drug-likeness (QED) is 0.428. The van der Waals surface area contributed by atoms with Gasteiger partial charge in [0.2, 0.25) is 5.60 Å². The summed E-state index contributed by atoms with van der Waals surface area (Å²) in [6, 6.07) is 7.32. The number of ether oxygens (including phenoxy) is 1. The van der Waals surface area contributed by atoms with Crippen molar-refractivity contribution in [2.75, 3.05) is 26.2 Å². The third-order valence-corrected chi connectivity index (χ3v) is 8.22. The fourth-order valence-corrected chi connectivity index (χ4v) is 6.24. The molecule has 4 nitrogen and oxygen atoms in total. The summed E-state index contributed by atoms with van der Waals surface area (Å²) in [5, 5.41) is 15.2. The van der Waals surface area contributed by atoms with Gasteiger partial charge in [0.1, 0.15) is 13.1 Å². The molecule has 6 heteroatoms. The van der Waals surface area contributed by atoms with Gasteiger partial charge in [0.15, 0.2) is 6.10 Å². The number of nitrogens with zero attached hydrogens (tertiary/aromatic N) is 1. The third-order valence-electron chi connectivity index (χ3n) is 6.27. The molecule has 154 valence electrons. The van der Waals surface area contributed by atoms with E-state index >= 15 is 0 Å². The van der Waals surface area contributed by atoms with Gasteiger partial charge in [0, 0.05) is 25.2 Å². The molecule has 3 saturated heterocycles. The molecule has 3 aliphatic heterocycles. The van der Waals surface area contributed by atoms with Crippen molar-refractivity contribution in [3.63, 3.8) is 0 Å². The highest BCUT2D eigenvalue weighted by atomic mass is 32.1. The Labute approximate surface area is 180 Å². The minimum atomic E-state index is -1.72. The van der Waals surface area contributed by atoms with Crippen molar-refractivity contribution in [3.8, 4) is 11.8 Å². The highest BCUT2D eigenvalue weighted by Crippen LogP contribution is 2.40. The van der Waals surface area contributed by atoms with Crippen LogP contribution in [0.1, 0.15) is 42.4 Å². The van der Waals surface area contributed by atoms with E-state index in [-0.39, 0.29) is 6.10 Å². The second-order valence-electron chi connectivity index (χ2n) is 8.18. The summed E-state index contributed by atoms with van der Waals surface area (Å²) in [5.41, 5.74) is -1.72. The summed E-state index contributed by atoms with van der Waals surface area (Å²) < 4.78 is 6.97. The Morgan fingerprint density at radius 3 is 2.41 bits per heavy atom. The second kappa shape index (κ2) is 8.61. The van der Waals surface area contributed by atoms with Crippen LogP contribution in [-0.4, -0.2) is 47.8 Å². The molecular weight excluding hydrogens is 402 g/mol. The molecule has 3 aliphatic rings. The van der Waals surface area contributed by atoms with Crippen LogP contribution in [0.15, 0.2) is 35.0 Å². The number of hydrogen-bond donors (Lipinski definition) is 1. The van der Waals surface area contributed by atoms with Gasteiger partial charge in [0.25, 0.3) is 0 Å². The monoisotopic (exact) mass is 430 g/mol. The Morgan fingerprint density at radius 2 is 1.86 bits per heavy atom. The predicted molar refractivity (Wildman–Crippen MR) is 117 cm³/mol. The highest BCUT2D eigenvalue weighted by molar-refractivity contribution is 7.12. The van der Waals surface area contributed by atoms with Crippen LogP contribution in [0.3, 0.4) is 0 Å². The minimum absolute atomic E-state index is 0.149. The number of piperidine rings is 3. The van der Waals surface area contributed by atoms with Gasteiger partial charge < -0.3 is 14.3 Å². The topological polar surface area (TPSA) is 46.5 Å². The van der Waals surface area contributed by atoms with Crippen molar-refractivity contribution in [3.05, 3.63) is 44.8 Å².